The van der Waals surface area contributed by atoms with Gasteiger partial charge in [-0.2, -0.15) is 0 Å². The lowest BCUT2D eigenvalue weighted by Crippen LogP contribution is -2.50. The molecule has 0 aliphatic carbocycles. The lowest BCUT2D eigenvalue weighted by Gasteiger charge is -2.21. The molecule has 0 aliphatic heterocycles. The average Bonchev–Trinajstić information content (AvgIpc) is 2.24. The largest absolute Gasteiger partial charge is 0.480 e. The van der Waals surface area contributed by atoms with Crippen LogP contribution in [-0.4, -0.2) is 29.2 Å². The molecule has 0 aromatic carbocycles. The normalized spacial score (nSPS) is 15.9. The molecule has 18 heavy (non-hydrogen) atoms. The number of nitrogens with one attached hydrogen (secondary N) is 2. The van der Waals surface area contributed by atoms with Gasteiger partial charge < -0.3 is 15.7 Å². The van der Waals surface area contributed by atoms with Crippen LogP contribution >= 0.6 is 0 Å². The van der Waals surface area contributed by atoms with E-state index in [0.29, 0.717) is 5.92 Å². The van der Waals surface area contributed by atoms with Gasteiger partial charge in [-0.15, -0.1) is 0 Å². The summed E-state index contributed by atoms with van der Waals surface area (Å²) in [4.78, 5) is 22.6. The highest BCUT2D eigenvalue weighted by Gasteiger charge is 2.23. The highest BCUT2D eigenvalue weighted by Crippen LogP contribution is 2.09. The van der Waals surface area contributed by atoms with Crippen LogP contribution in [0.3, 0.4) is 0 Å². The molecule has 3 N–H and O–H groups in total. The van der Waals surface area contributed by atoms with Crippen LogP contribution in [0.1, 0.15) is 47.5 Å². The van der Waals surface area contributed by atoms with Gasteiger partial charge in [-0.05, 0) is 25.2 Å². The third-order valence-electron chi connectivity index (χ3n) is 3.05. The molecule has 0 heterocycles. The number of carboxylic acid groups (broad SMARTS) is 1. The first-order chi connectivity index (χ1) is 8.27. The molecule has 3 atom stereocenters. The number of hydrogen-bond donors (Lipinski definition) is 3. The van der Waals surface area contributed by atoms with E-state index in [4.69, 9.17) is 5.11 Å². The van der Waals surface area contributed by atoms with Crippen molar-refractivity contribution in [2.75, 3.05) is 0 Å². The Bertz CT molecular complexity index is 279. The van der Waals surface area contributed by atoms with Crippen molar-refractivity contribution in [1.82, 2.24) is 10.6 Å². The first-order valence-electron chi connectivity index (χ1n) is 6.57. The summed E-state index contributed by atoms with van der Waals surface area (Å²) in [6.07, 6.45) is 1.96. The summed E-state index contributed by atoms with van der Waals surface area (Å²) in [5, 5.41) is 14.2. The van der Waals surface area contributed by atoms with Crippen molar-refractivity contribution in [2.24, 2.45) is 11.8 Å². The molecule has 0 saturated heterocycles. The molecule has 2 amide bonds. The van der Waals surface area contributed by atoms with Crippen molar-refractivity contribution < 1.29 is 14.7 Å². The van der Waals surface area contributed by atoms with Crippen LogP contribution in [0.2, 0.25) is 0 Å². The molecule has 106 valence electrons. The maximum absolute atomic E-state index is 11.7. The molecule has 0 fully saturated rings. The topological polar surface area (TPSA) is 78.4 Å². The number of carbonyl (C=O) groups is 2. The van der Waals surface area contributed by atoms with E-state index in [2.05, 4.69) is 24.5 Å². The summed E-state index contributed by atoms with van der Waals surface area (Å²) in [6, 6.07) is -1.21. The Balaban J connectivity index is 4.20. The Hall–Kier alpha value is -1.26. The van der Waals surface area contributed by atoms with Crippen LogP contribution in [0.4, 0.5) is 4.79 Å². The van der Waals surface area contributed by atoms with Crippen molar-refractivity contribution in [1.29, 1.82) is 0 Å². The number of carbonyl (C=O) groups excluding carboxylic acids is 1. The minimum absolute atomic E-state index is 0.0431. The van der Waals surface area contributed by atoms with Crippen molar-refractivity contribution in [3.63, 3.8) is 0 Å². The van der Waals surface area contributed by atoms with Gasteiger partial charge in [-0.25, -0.2) is 9.59 Å². The zero-order chi connectivity index (χ0) is 14.3. The van der Waals surface area contributed by atoms with Gasteiger partial charge in [0.05, 0.1) is 0 Å². The SMILES string of the molecule is CCC(C)CC(C)NC(=O)NC(C(=O)O)C(C)C. The van der Waals surface area contributed by atoms with Gasteiger partial charge in [0.25, 0.3) is 0 Å². The van der Waals surface area contributed by atoms with Crippen LogP contribution in [0.5, 0.6) is 0 Å². The Morgan fingerprint density at radius 3 is 2.06 bits per heavy atom. The molecule has 0 bridgehead atoms. The average molecular weight is 258 g/mol. The van der Waals surface area contributed by atoms with Crippen molar-refractivity contribution >= 4 is 12.0 Å². The fourth-order valence-electron chi connectivity index (χ4n) is 1.75. The molecule has 5 heteroatoms. The second-order valence-corrected chi connectivity index (χ2v) is 5.33. The number of amides is 2. The Morgan fingerprint density at radius 1 is 1.11 bits per heavy atom. The molecule has 0 rings (SSSR count). The summed E-state index contributed by atoms with van der Waals surface area (Å²) in [5.41, 5.74) is 0. The predicted octanol–water partition coefficient (Wildman–Crippen LogP) is 2.22. The molecule has 0 aromatic heterocycles. The number of urea groups is 1. The van der Waals surface area contributed by atoms with E-state index in [0.717, 1.165) is 12.8 Å². The zero-order valence-corrected chi connectivity index (χ0v) is 12.0. The number of hydrogen-bond acceptors (Lipinski definition) is 2. The quantitative estimate of drug-likeness (QED) is 0.655. The van der Waals surface area contributed by atoms with Crippen molar-refractivity contribution in [3.05, 3.63) is 0 Å². The maximum Gasteiger partial charge on any atom is 0.326 e. The van der Waals surface area contributed by atoms with E-state index in [1.54, 1.807) is 13.8 Å². The zero-order valence-electron chi connectivity index (χ0n) is 12.0. The number of aliphatic carboxylic acids is 1. The fraction of sp³-hybridized carbons (Fsp3) is 0.846. The summed E-state index contributed by atoms with van der Waals surface area (Å²) in [7, 11) is 0. The molecular formula is C13H26N2O3. The first-order valence-corrected chi connectivity index (χ1v) is 6.57. The lowest BCUT2D eigenvalue weighted by atomic mass is 10.0. The molecular weight excluding hydrogens is 232 g/mol. The van der Waals surface area contributed by atoms with Crippen molar-refractivity contribution in [2.45, 2.75) is 59.5 Å². The standard InChI is InChI=1S/C13H26N2O3/c1-6-9(4)7-10(5)14-13(18)15-11(8(2)3)12(16)17/h8-11H,6-7H2,1-5H3,(H,16,17)(H2,14,15,18). The minimum atomic E-state index is -1.00. The van der Waals surface area contributed by atoms with E-state index in [-0.39, 0.29) is 12.0 Å². The Kier molecular flexibility index (Phi) is 7.39. The van der Waals surface area contributed by atoms with Gasteiger partial charge in [0.15, 0.2) is 0 Å². The van der Waals surface area contributed by atoms with Gasteiger partial charge in [0, 0.05) is 6.04 Å². The molecule has 5 nitrogen and oxygen atoms in total. The van der Waals surface area contributed by atoms with E-state index < -0.39 is 18.0 Å². The van der Waals surface area contributed by atoms with Crippen LogP contribution in [0.15, 0.2) is 0 Å². The third kappa shape index (κ3) is 6.47. The smallest absolute Gasteiger partial charge is 0.326 e. The summed E-state index contributed by atoms with van der Waals surface area (Å²) in [6.45, 7) is 9.70. The van der Waals surface area contributed by atoms with Gasteiger partial charge >= 0.3 is 12.0 Å². The second kappa shape index (κ2) is 7.95. The molecule has 0 saturated carbocycles. The summed E-state index contributed by atoms with van der Waals surface area (Å²) >= 11 is 0. The van der Waals surface area contributed by atoms with Crippen LogP contribution < -0.4 is 10.6 Å². The minimum Gasteiger partial charge on any atom is -0.480 e. The van der Waals surface area contributed by atoms with Gasteiger partial charge in [-0.3, -0.25) is 0 Å². The second-order valence-electron chi connectivity index (χ2n) is 5.33. The number of carboxylic acids is 1. The Morgan fingerprint density at radius 2 is 1.67 bits per heavy atom. The monoisotopic (exact) mass is 258 g/mol. The van der Waals surface area contributed by atoms with E-state index in [1.807, 2.05) is 6.92 Å². The van der Waals surface area contributed by atoms with E-state index in [1.165, 1.54) is 0 Å². The highest BCUT2D eigenvalue weighted by atomic mass is 16.4. The molecule has 0 spiro atoms. The van der Waals surface area contributed by atoms with Crippen LogP contribution in [0.25, 0.3) is 0 Å². The lowest BCUT2D eigenvalue weighted by molar-refractivity contribution is -0.140. The Labute approximate surface area is 109 Å². The van der Waals surface area contributed by atoms with Crippen LogP contribution in [0, 0.1) is 11.8 Å². The fourth-order valence-corrected chi connectivity index (χ4v) is 1.75. The molecule has 0 radical (unpaired) electrons. The van der Waals surface area contributed by atoms with Gasteiger partial charge in [-0.1, -0.05) is 34.1 Å². The number of rotatable bonds is 7. The van der Waals surface area contributed by atoms with E-state index >= 15 is 0 Å². The first kappa shape index (κ1) is 16.7. The van der Waals surface area contributed by atoms with Gasteiger partial charge in [0.1, 0.15) is 6.04 Å². The molecule has 0 aliphatic rings. The summed E-state index contributed by atoms with van der Waals surface area (Å²) in [5.74, 6) is -0.603. The van der Waals surface area contributed by atoms with Crippen molar-refractivity contribution in [3.8, 4) is 0 Å². The maximum atomic E-state index is 11.7. The van der Waals surface area contributed by atoms with Gasteiger partial charge in [0.2, 0.25) is 0 Å². The molecule has 0 aromatic rings. The molecule has 3 unspecified atom stereocenters. The van der Waals surface area contributed by atoms with E-state index in [9.17, 15) is 9.59 Å². The highest BCUT2D eigenvalue weighted by molar-refractivity contribution is 5.82. The predicted molar refractivity (Wildman–Crippen MR) is 71.5 cm³/mol. The summed E-state index contributed by atoms with van der Waals surface area (Å²) < 4.78 is 0. The van der Waals surface area contributed by atoms with Crippen LogP contribution in [-0.2, 0) is 4.79 Å². The third-order valence-corrected chi connectivity index (χ3v) is 3.05.